The van der Waals surface area contributed by atoms with Crippen LogP contribution in [0.15, 0.2) is 0 Å². The lowest BCUT2D eigenvalue weighted by Gasteiger charge is -2.36. The van der Waals surface area contributed by atoms with Gasteiger partial charge in [-0.1, -0.05) is 19.3 Å². The molecule has 3 atom stereocenters. The summed E-state index contributed by atoms with van der Waals surface area (Å²) in [6.07, 6.45) is 6.23. The summed E-state index contributed by atoms with van der Waals surface area (Å²) in [7, 11) is 0.499. The van der Waals surface area contributed by atoms with E-state index in [0.717, 1.165) is 0 Å². The van der Waals surface area contributed by atoms with Gasteiger partial charge in [0, 0.05) is 28.3 Å². The van der Waals surface area contributed by atoms with E-state index in [0.29, 0.717) is 17.4 Å². The fourth-order valence-corrected chi connectivity index (χ4v) is 4.40. The molecule has 3 unspecified atom stereocenters. The van der Waals surface area contributed by atoms with Gasteiger partial charge in [0.25, 0.3) is 0 Å². The van der Waals surface area contributed by atoms with Crippen LogP contribution in [0.4, 0.5) is 0 Å². The molecule has 0 aromatic rings. The van der Waals surface area contributed by atoms with E-state index < -0.39 is 10.8 Å². The van der Waals surface area contributed by atoms with Crippen LogP contribution in [0.1, 0.15) is 32.1 Å². The summed E-state index contributed by atoms with van der Waals surface area (Å²) >= 11 is 0. The number of carbonyl (C=O) groups excluding carboxylic acids is 1. The van der Waals surface area contributed by atoms with Crippen molar-refractivity contribution >= 4 is 16.8 Å². The summed E-state index contributed by atoms with van der Waals surface area (Å²) in [4.78, 5) is 11.5. The first-order valence-corrected chi connectivity index (χ1v) is 7.88. The molecule has 4 nitrogen and oxygen atoms in total. The van der Waals surface area contributed by atoms with Crippen molar-refractivity contribution in [3.63, 3.8) is 0 Å². The maximum absolute atomic E-state index is 11.8. The zero-order valence-electron chi connectivity index (χ0n) is 10.3. The summed E-state index contributed by atoms with van der Waals surface area (Å²) < 4.78 is 16.5. The van der Waals surface area contributed by atoms with Crippen molar-refractivity contribution in [2.75, 3.05) is 18.6 Å². The van der Waals surface area contributed by atoms with Gasteiger partial charge in [-0.15, -0.1) is 0 Å². The number of ether oxygens (including phenoxy) is 1. The average molecular weight is 259 g/mol. The molecule has 0 spiro atoms. The monoisotopic (exact) mass is 259 g/mol. The van der Waals surface area contributed by atoms with E-state index in [1.165, 1.54) is 39.2 Å². The summed E-state index contributed by atoms with van der Waals surface area (Å²) in [6.45, 7) is 0. The number of nitrogens with one attached hydrogen (secondary N) is 1. The number of rotatable bonds is 2. The molecule has 2 aliphatic rings. The highest BCUT2D eigenvalue weighted by molar-refractivity contribution is 7.85. The van der Waals surface area contributed by atoms with Gasteiger partial charge in [-0.3, -0.25) is 14.3 Å². The molecule has 1 N–H and O–H groups in total. The molecule has 0 aromatic carbocycles. The second kappa shape index (κ2) is 5.96. The first-order chi connectivity index (χ1) is 8.20. The Morgan fingerprint density at radius 3 is 2.59 bits per heavy atom. The molecule has 0 aromatic heterocycles. The van der Waals surface area contributed by atoms with E-state index in [1.807, 2.05) is 0 Å². The van der Waals surface area contributed by atoms with Crippen LogP contribution in [0.2, 0.25) is 0 Å². The van der Waals surface area contributed by atoms with Gasteiger partial charge in [0.05, 0.1) is 7.11 Å². The van der Waals surface area contributed by atoms with Crippen LogP contribution in [0, 0.1) is 5.92 Å². The van der Waals surface area contributed by atoms with Gasteiger partial charge >= 0.3 is 5.97 Å². The molecule has 1 saturated heterocycles. The van der Waals surface area contributed by atoms with E-state index >= 15 is 0 Å². The second-order valence-electron chi connectivity index (χ2n) is 5.02. The molecular formula is C12H21NO3S. The molecule has 1 heterocycles. The Hall–Kier alpha value is -0.420. The number of esters is 1. The summed E-state index contributed by atoms with van der Waals surface area (Å²) in [6, 6.07) is -0.143. The molecular weight excluding hydrogens is 238 g/mol. The Kier molecular flexibility index (Phi) is 4.56. The minimum atomic E-state index is -0.888. The standard InChI is InChI=1S/C12H21NO3S/c1-16-12(14)11-8-17(15)7-10(13-11)9-5-3-2-4-6-9/h9-11,13H,2-8H2,1H3. The van der Waals surface area contributed by atoms with Crippen LogP contribution >= 0.6 is 0 Å². The van der Waals surface area contributed by atoms with Gasteiger partial charge in [-0.25, -0.2) is 0 Å². The Morgan fingerprint density at radius 1 is 1.24 bits per heavy atom. The topological polar surface area (TPSA) is 55.4 Å². The van der Waals surface area contributed by atoms with Crippen molar-refractivity contribution in [1.29, 1.82) is 0 Å². The molecule has 0 bridgehead atoms. The normalized spacial score (nSPS) is 35.5. The number of hydrogen-bond acceptors (Lipinski definition) is 4. The maximum atomic E-state index is 11.8. The smallest absolute Gasteiger partial charge is 0.323 e. The van der Waals surface area contributed by atoms with E-state index in [4.69, 9.17) is 4.74 Å². The van der Waals surface area contributed by atoms with Gasteiger partial charge in [0.15, 0.2) is 0 Å². The van der Waals surface area contributed by atoms with Crippen LogP contribution in [0.25, 0.3) is 0 Å². The molecule has 2 fully saturated rings. The summed E-state index contributed by atoms with van der Waals surface area (Å²) in [5.41, 5.74) is 0. The van der Waals surface area contributed by atoms with E-state index in [9.17, 15) is 9.00 Å². The third-order valence-electron chi connectivity index (χ3n) is 3.84. The molecule has 0 amide bonds. The lowest BCUT2D eigenvalue weighted by Crippen LogP contribution is -2.56. The minimum absolute atomic E-state index is 0.231. The van der Waals surface area contributed by atoms with Crippen LogP contribution in [0.3, 0.4) is 0 Å². The highest BCUT2D eigenvalue weighted by Crippen LogP contribution is 2.28. The lowest BCUT2D eigenvalue weighted by molar-refractivity contribution is -0.142. The van der Waals surface area contributed by atoms with Crippen LogP contribution in [0.5, 0.6) is 0 Å². The second-order valence-corrected chi connectivity index (χ2v) is 6.57. The third kappa shape index (κ3) is 3.28. The summed E-state index contributed by atoms with van der Waals surface area (Å²) in [5, 5.41) is 3.34. The van der Waals surface area contributed by atoms with Gasteiger partial charge in [-0.2, -0.15) is 0 Å². The highest BCUT2D eigenvalue weighted by Gasteiger charge is 2.35. The van der Waals surface area contributed by atoms with Crippen molar-refractivity contribution in [2.45, 2.75) is 44.2 Å². The number of methoxy groups -OCH3 is 1. The van der Waals surface area contributed by atoms with Crippen LogP contribution in [-0.2, 0) is 20.3 Å². The van der Waals surface area contributed by atoms with E-state index in [2.05, 4.69) is 5.32 Å². The zero-order chi connectivity index (χ0) is 12.3. The molecule has 1 aliphatic heterocycles. The lowest BCUT2D eigenvalue weighted by atomic mass is 9.84. The maximum Gasteiger partial charge on any atom is 0.323 e. The molecule has 1 saturated carbocycles. The van der Waals surface area contributed by atoms with Crippen LogP contribution < -0.4 is 5.32 Å². The fourth-order valence-electron chi connectivity index (χ4n) is 2.90. The van der Waals surface area contributed by atoms with E-state index in [1.54, 1.807) is 0 Å². The van der Waals surface area contributed by atoms with Crippen LogP contribution in [-0.4, -0.2) is 40.9 Å². The quantitative estimate of drug-likeness (QED) is 0.746. The molecule has 1 aliphatic carbocycles. The predicted molar refractivity (Wildman–Crippen MR) is 67.2 cm³/mol. The molecule has 98 valence electrons. The van der Waals surface area contributed by atoms with Gasteiger partial charge in [0.1, 0.15) is 6.04 Å². The fraction of sp³-hybridized carbons (Fsp3) is 0.917. The van der Waals surface area contributed by atoms with Crippen molar-refractivity contribution in [1.82, 2.24) is 5.32 Å². The van der Waals surface area contributed by atoms with Crippen molar-refractivity contribution in [3.8, 4) is 0 Å². The molecule has 5 heteroatoms. The Morgan fingerprint density at radius 2 is 1.94 bits per heavy atom. The van der Waals surface area contributed by atoms with E-state index in [-0.39, 0.29) is 18.1 Å². The molecule has 17 heavy (non-hydrogen) atoms. The average Bonchev–Trinajstić information content (AvgIpc) is 2.38. The van der Waals surface area contributed by atoms with Gasteiger partial charge in [0.2, 0.25) is 0 Å². The minimum Gasteiger partial charge on any atom is -0.468 e. The SMILES string of the molecule is COC(=O)C1CS(=O)CC(C2CCCCC2)N1. The first-order valence-electron chi connectivity index (χ1n) is 6.39. The Labute approximate surface area is 105 Å². The zero-order valence-corrected chi connectivity index (χ0v) is 11.1. The highest BCUT2D eigenvalue weighted by atomic mass is 32.2. The van der Waals surface area contributed by atoms with Gasteiger partial charge < -0.3 is 4.74 Å². The van der Waals surface area contributed by atoms with Crippen molar-refractivity contribution < 1.29 is 13.7 Å². The number of hydrogen-bond donors (Lipinski definition) is 1. The largest absolute Gasteiger partial charge is 0.468 e. The molecule has 0 radical (unpaired) electrons. The summed E-state index contributed by atoms with van der Waals surface area (Å²) in [5.74, 6) is 1.40. The Bertz CT molecular complexity index is 302. The van der Waals surface area contributed by atoms with Crippen molar-refractivity contribution in [2.24, 2.45) is 5.92 Å². The van der Waals surface area contributed by atoms with Gasteiger partial charge in [-0.05, 0) is 18.8 Å². The predicted octanol–water partition coefficient (Wildman–Crippen LogP) is 0.829. The number of carbonyl (C=O) groups is 1. The Balaban J connectivity index is 1.97. The van der Waals surface area contributed by atoms with Crippen molar-refractivity contribution in [3.05, 3.63) is 0 Å². The molecule has 2 rings (SSSR count). The first kappa shape index (κ1) is 13.0. The third-order valence-corrected chi connectivity index (χ3v) is 5.27.